The Balaban J connectivity index is 0.000000541. The molecule has 1 heterocycles. The Labute approximate surface area is 144 Å². The first-order chi connectivity index (χ1) is 10.4. The molecule has 1 aromatic carbocycles. The lowest BCUT2D eigenvalue weighted by molar-refractivity contribution is -0.742. The Morgan fingerprint density at radius 3 is 2.59 bits per heavy atom. The average molecular weight is 411 g/mol. The van der Waals surface area contributed by atoms with Gasteiger partial charge in [0.15, 0.2) is 0 Å². The first kappa shape index (κ1) is 18.3. The van der Waals surface area contributed by atoms with Crippen LogP contribution in [0.2, 0.25) is 0 Å². The lowest BCUT2D eigenvalue weighted by Crippen LogP contribution is -1.91. The van der Waals surface area contributed by atoms with E-state index in [0.29, 0.717) is 10.2 Å². The summed E-state index contributed by atoms with van der Waals surface area (Å²) in [5.41, 5.74) is 0.788. The first-order valence-corrected chi connectivity index (χ1v) is 7.12. The molecule has 0 aliphatic rings. The van der Waals surface area contributed by atoms with Crippen LogP contribution < -0.4 is 4.74 Å². The normalized spacial score (nSPS) is 11.1. The fraction of sp³-hybridized carbons (Fsp3) is 0.0833. The molecule has 118 valence electrons. The third kappa shape index (κ3) is 5.21. The molecule has 0 spiro atoms. The summed E-state index contributed by atoms with van der Waals surface area (Å²) in [5.74, 6) is 0.744. The van der Waals surface area contributed by atoms with Gasteiger partial charge < -0.3 is 9.94 Å². The van der Waals surface area contributed by atoms with Gasteiger partial charge in [0.25, 0.3) is 5.09 Å². The second kappa shape index (κ2) is 8.62. The number of nitrogens with zero attached hydrogens (tertiary/aromatic N) is 3. The van der Waals surface area contributed by atoms with Crippen LogP contribution in [0.4, 0.5) is 0 Å². The second-order valence-electron chi connectivity index (χ2n) is 3.66. The van der Waals surface area contributed by atoms with Gasteiger partial charge in [0.05, 0.1) is 18.5 Å². The number of hydrogen-bond donors (Lipinski definition) is 1. The van der Waals surface area contributed by atoms with Gasteiger partial charge >= 0.3 is 0 Å². The van der Waals surface area contributed by atoms with Crippen LogP contribution in [0, 0.1) is 10.1 Å². The Kier molecular flexibility index (Phi) is 7.16. The zero-order valence-electron chi connectivity index (χ0n) is 11.1. The second-order valence-corrected chi connectivity index (χ2v) is 5.25. The van der Waals surface area contributed by atoms with E-state index in [9.17, 15) is 0 Å². The number of aromatic nitrogens is 2. The van der Waals surface area contributed by atoms with Gasteiger partial charge in [-0.15, -0.1) is 10.1 Å². The summed E-state index contributed by atoms with van der Waals surface area (Å²) >= 11 is 15.9. The summed E-state index contributed by atoms with van der Waals surface area (Å²) in [6.45, 7) is 0. The van der Waals surface area contributed by atoms with Crippen LogP contribution in [0.15, 0.2) is 41.4 Å². The highest BCUT2D eigenvalue weighted by atomic mass is 79.9. The van der Waals surface area contributed by atoms with Crippen molar-refractivity contribution in [1.29, 1.82) is 0 Å². The van der Waals surface area contributed by atoms with E-state index in [4.69, 9.17) is 43.3 Å². The predicted molar refractivity (Wildman–Crippen MR) is 86.5 cm³/mol. The number of ether oxygens (including phenoxy) is 1. The van der Waals surface area contributed by atoms with Gasteiger partial charge in [0.2, 0.25) is 0 Å². The minimum atomic E-state index is -1.50. The molecule has 1 N–H and O–H groups in total. The molecule has 7 nitrogen and oxygen atoms in total. The van der Waals surface area contributed by atoms with Crippen molar-refractivity contribution in [1.82, 2.24) is 9.55 Å². The minimum Gasteiger partial charge on any atom is -0.497 e. The van der Waals surface area contributed by atoms with Gasteiger partial charge in [-0.3, -0.25) is 4.57 Å². The lowest BCUT2D eigenvalue weighted by atomic mass is 10.2. The number of rotatable bonds is 3. The van der Waals surface area contributed by atoms with Crippen LogP contribution in [-0.4, -0.2) is 27.0 Å². The molecule has 22 heavy (non-hydrogen) atoms. The topological polar surface area (TPSA) is 90.4 Å². The number of methoxy groups -OCH3 is 1. The molecule has 10 heteroatoms. The van der Waals surface area contributed by atoms with Gasteiger partial charge in [-0.2, -0.15) is 0 Å². The summed E-state index contributed by atoms with van der Waals surface area (Å²) in [4.78, 5) is 12.3. The van der Waals surface area contributed by atoms with E-state index >= 15 is 0 Å². The van der Waals surface area contributed by atoms with Gasteiger partial charge in [-0.1, -0.05) is 23.2 Å². The molecular weight excluding hydrogens is 401 g/mol. The van der Waals surface area contributed by atoms with E-state index in [-0.39, 0.29) is 0 Å². The Morgan fingerprint density at radius 1 is 1.50 bits per heavy atom. The van der Waals surface area contributed by atoms with Gasteiger partial charge in [0, 0.05) is 22.4 Å². The lowest BCUT2D eigenvalue weighted by Gasteiger charge is -2.08. The fourth-order valence-corrected chi connectivity index (χ4v) is 2.53. The molecule has 2 aromatic rings. The number of halogens is 3. The van der Waals surface area contributed by atoms with Gasteiger partial charge in [-0.25, -0.2) is 4.98 Å². The zero-order chi connectivity index (χ0) is 16.7. The van der Waals surface area contributed by atoms with Crippen molar-refractivity contribution in [2.75, 3.05) is 7.11 Å². The van der Waals surface area contributed by atoms with Crippen LogP contribution >= 0.6 is 39.1 Å². The van der Waals surface area contributed by atoms with E-state index in [1.54, 1.807) is 30.4 Å². The number of imidazole rings is 1. The van der Waals surface area contributed by atoms with Crippen LogP contribution in [0.25, 0.3) is 10.2 Å². The number of hydrogen-bond acceptors (Lipinski definition) is 4. The molecule has 2 rings (SSSR count). The highest BCUT2D eigenvalue weighted by Gasteiger charge is 2.11. The highest BCUT2D eigenvalue weighted by molar-refractivity contribution is 9.10. The monoisotopic (exact) mass is 409 g/mol. The van der Waals surface area contributed by atoms with Crippen LogP contribution in [0.1, 0.15) is 5.56 Å². The Hall–Kier alpha value is -1.77. The molecule has 0 saturated heterocycles. The molecular formula is C12H10BrCl2N3O4. The molecule has 0 unspecified atom stereocenters. The average Bonchev–Trinajstić information content (AvgIpc) is 2.99. The summed E-state index contributed by atoms with van der Waals surface area (Å²) in [6.07, 6.45) is 4.94. The van der Waals surface area contributed by atoms with E-state index in [2.05, 4.69) is 20.9 Å². The van der Waals surface area contributed by atoms with Crippen molar-refractivity contribution in [3.63, 3.8) is 0 Å². The quantitative estimate of drug-likeness (QED) is 0.608. The van der Waals surface area contributed by atoms with Crippen molar-refractivity contribution >= 4 is 49.3 Å². The van der Waals surface area contributed by atoms with Crippen molar-refractivity contribution in [3.05, 3.63) is 57.1 Å². The molecule has 0 saturated carbocycles. The van der Waals surface area contributed by atoms with E-state index < -0.39 is 5.09 Å². The molecule has 0 atom stereocenters. The van der Waals surface area contributed by atoms with Gasteiger partial charge in [0.1, 0.15) is 10.9 Å². The summed E-state index contributed by atoms with van der Waals surface area (Å²) in [5, 5.41) is 14.5. The molecule has 0 bridgehead atoms. The maximum atomic E-state index is 8.36. The third-order valence-electron chi connectivity index (χ3n) is 2.32. The summed E-state index contributed by atoms with van der Waals surface area (Å²) < 4.78 is 7.57. The Morgan fingerprint density at radius 2 is 2.14 bits per heavy atom. The van der Waals surface area contributed by atoms with E-state index in [0.717, 1.165) is 15.8 Å². The summed E-state index contributed by atoms with van der Waals surface area (Å²) in [6, 6.07) is 5.49. The van der Waals surface area contributed by atoms with Gasteiger partial charge in [-0.05, 0) is 34.1 Å². The van der Waals surface area contributed by atoms with E-state index in [1.165, 1.54) is 0 Å². The molecule has 0 radical (unpaired) electrons. The molecule has 0 amide bonds. The fourth-order valence-electron chi connectivity index (χ4n) is 1.40. The van der Waals surface area contributed by atoms with Crippen molar-refractivity contribution in [2.45, 2.75) is 0 Å². The summed E-state index contributed by atoms with van der Waals surface area (Å²) in [7, 11) is 1.61. The zero-order valence-corrected chi connectivity index (χ0v) is 14.2. The molecule has 0 aliphatic carbocycles. The first-order valence-electron chi connectivity index (χ1n) is 5.57. The largest absolute Gasteiger partial charge is 0.497 e. The van der Waals surface area contributed by atoms with Crippen molar-refractivity contribution in [3.8, 4) is 5.75 Å². The predicted octanol–water partition coefficient (Wildman–Crippen LogP) is 4.07. The standard InChI is InChI=1S/C12H9BrCl2N2O.HNO3/c1-18-8-2-3-9(10(13)6-8)11(14)12(15)17-5-4-16-7-17;2-1(3)4/h2-7H,1H3;(H,2,3,4). The molecule has 1 aromatic heterocycles. The Bertz CT molecular complexity index is 673. The van der Waals surface area contributed by atoms with Crippen molar-refractivity contribution in [2.24, 2.45) is 0 Å². The number of benzene rings is 1. The maximum absolute atomic E-state index is 8.36. The van der Waals surface area contributed by atoms with Crippen LogP contribution in [0.3, 0.4) is 0 Å². The van der Waals surface area contributed by atoms with Crippen LogP contribution in [0.5, 0.6) is 5.75 Å². The smallest absolute Gasteiger partial charge is 0.291 e. The van der Waals surface area contributed by atoms with Crippen LogP contribution in [-0.2, 0) is 0 Å². The van der Waals surface area contributed by atoms with Crippen molar-refractivity contribution < 1.29 is 15.0 Å². The SMILES string of the molecule is COc1ccc(C(Cl)=C(Cl)n2ccnc2)c(Br)c1.O=[N+]([O-])O. The minimum absolute atomic E-state index is 0.389. The maximum Gasteiger partial charge on any atom is 0.291 e. The third-order valence-corrected chi connectivity index (χ3v) is 3.84. The molecule has 0 fully saturated rings. The van der Waals surface area contributed by atoms with E-state index in [1.807, 2.05) is 18.2 Å². The highest BCUT2D eigenvalue weighted by Crippen LogP contribution is 2.35. The molecule has 0 aliphatic heterocycles.